The van der Waals surface area contributed by atoms with E-state index in [9.17, 15) is 20.4 Å². The van der Waals surface area contributed by atoms with Gasteiger partial charge in [-0.3, -0.25) is 0 Å². The van der Waals surface area contributed by atoms with Crippen molar-refractivity contribution >= 4 is 0 Å². The van der Waals surface area contributed by atoms with Gasteiger partial charge < -0.3 is 20.4 Å². The van der Waals surface area contributed by atoms with E-state index in [-0.39, 0.29) is 23.0 Å². The van der Waals surface area contributed by atoms with Gasteiger partial charge in [0.25, 0.3) is 0 Å². The third-order valence-corrected chi connectivity index (χ3v) is 5.90. The molecule has 0 aliphatic heterocycles. The molecular weight excluding hydrogens is 412 g/mol. The van der Waals surface area contributed by atoms with Gasteiger partial charge in [-0.1, -0.05) is 48.5 Å². The molecule has 0 spiro atoms. The molecule has 0 saturated carbocycles. The van der Waals surface area contributed by atoms with E-state index in [4.69, 9.17) is 0 Å². The topological polar surface area (TPSA) is 80.9 Å². The minimum absolute atomic E-state index is 0.207. The van der Waals surface area contributed by atoms with Crippen LogP contribution in [-0.2, 0) is 19.3 Å². The molecule has 0 aliphatic carbocycles. The van der Waals surface area contributed by atoms with Crippen molar-refractivity contribution in [3.8, 4) is 23.0 Å². The second kappa shape index (κ2) is 9.29. The van der Waals surface area contributed by atoms with Crippen LogP contribution < -0.4 is 0 Å². The quantitative estimate of drug-likeness (QED) is 0.301. The Labute approximate surface area is 194 Å². The fourth-order valence-corrected chi connectivity index (χ4v) is 4.35. The van der Waals surface area contributed by atoms with Crippen LogP contribution in [0.15, 0.2) is 72.8 Å². The van der Waals surface area contributed by atoms with E-state index in [1.165, 1.54) is 0 Å². The third kappa shape index (κ3) is 5.29. The molecule has 4 heteroatoms. The van der Waals surface area contributed by atoms with Gasteiger partial charge in [0.2, 0.25) is 0 Å². The molecule has 0 radical (unpaired) electrons. The first-order valence-electron chi connectivity index (χ1n) is 11.0. The Balaban J connectivity index is 1.63. The molecular formula is C29H28O4. The van der Waals surface area contributed by atoms with Crippen LogP contribution in [0.4, 0.5) is 0 Å². The molecule has 0 saturated heterocycles. The van der Waals surface area contributed by atoms with E-state index in [0.29, 0.717) is 19.3 Å². The molecule has 0 amide bonds. The van der Waals surface area contributed by atoms with Crippen molar-refractivity contribution < 1.29 is 20.4 Å². The summed E-state index contributed by atoms with van der Waals surface area (Å²) in [6.45, 7) is 3.78. The Bertz CT molecular complexity index is 1210. The number of rotatable bonds is 6. The molecule has 0 atom stereocenters. The Morgan fingerprint density at radius 2 is 0.909 bits per heavy atom. The maximum atomic E-state index is 10.6. The van der Waals surface area contributed by atoms with E-state index in [1.807, 2.05) is 50.2 Å². The number of aryl methyl sites for hydroxylation is 2. The average molecular weight is 441 g/mol. The molecule has 0 aromatic heterocycles. The lowest BCUT2D eigenvalue weighted by atomic mass is 9.93. The second-order valence-electron chi connectivity index (χ2n) is 8.71. The summed E-state index contributed by atoms with van der Waals surface area (Å²) < 4.78 is 0. The van der Waals surface area contributed by atoms with Crippen LogP contribution in [0.3, 0.4) is 0 Å². The van der Waals surface area contributed by atoms with Crippen LogP contribution in [-0.4, -0.2) is 20.4 Å². The monoisotopic (exact) mass is 440 g/mol. The molecule has 0 unspecified atom stereocenters. The molecule has 0 heterocycles. The van der Waals surface area contributed by atoms with E-state index in [0.717, 1.165) is 44.5 Å². The number of benzene rings is 4. The lowest BCUT2D eigenvalue weighted by Gasteiger charge is -2.14. The van der Waals surface area contributed by atoms with Crippen molar-refractivity contribution in [2.75, 3.05) is 0 Å². The largest absolute Gasteiger partial charge is 0.508 e. The van der Waals surface area contributed by atoms with Crippen LogP contribution in [0.1, 0.15) is 44.5 Å². The Kier molecular flexibility index (Phi) is 6.27. The fraction of sp³-hybridized carbons (Fsp3) is 0.172. The zero-order valence-corrected chi connectivity index (χ0v) is 18.8. The van der Waals surface area contributed by atoms with Crippen LogP contribution in [0, 0.1) is 13.8 Å². The summed E-state index contributed by atoms with van der Waals surface area (Å²) in [7, 11) is 0. The highest BCUT2D eigenvalue weighted by molar-refractivity contribution is 5.50. The van der Waals surface area contributed by atoms with E-state index < -0.39 is 0 Å². The molecule has 4 aromatic carbocycles. The number of phenolic OH excluding ortho intramolecular Hbond substituents is 4. The van der Waals surface area contributed by atoms with Gasteiger partial charge in [0.05, 0.1) is 0 Å². The van der Waals surface area contributed by atoms with E-state index >= 15 is 0 Å². The second-order valence-corrected chi connectivity index (χ2v) is 8.71. The lowest BCUT2D eigenvalue weighted by molar-refractivity contribution is 0.464. The van der Waals surface area contributed by atoms with Crippen molar-refractivity contribution in [2.45, 2.75) is 33.1 Å². The van der Waals surface area contributed by atoms with Crippen LogP contribution in [0.5, 0.6) is 23.0 Å². The van der Waals surface area contributed by atoms with Crippen LogP contribution in [0.25, 0.3) is 0 Å². The normalized spacial score (nSPS) is 11.0. The summed E-state index contributed by atoms with van der Waals surface area (Å²) in [5, 5.41) is 40.8. The number of hydrogen-bond acceptors (Lipinski definition) is 4. The van der Waals surface area contributed by atoms with Crippen molar-refractivity contribution in [3.05, 3.63) is 117 Å². The first-order valence-corrected chi connectivity index (χ1v) is 11.0. The molecule has 4 aromatic rings. The number of phenols is 4. The Morgan fingerprint density at radius 1 is 0.485 bits per heavy atom. The fourth-order valence-electron chi connectivity index (χ4n) is 4.35. The van der Waals surface area contributed by atoms with Gasteiger partial charge in [0, 0.05) is 12.8 Å². The number of hydrogen-bond donors (Lipinski definition) is 4. The SMILES string of the molecule is Cc1cc(Cc2cc(C)c(O)c(Cc3cccc(O)c3)c2)cc(Cc2cccc(O)c2)c1O. The first kappa shape index (κ1) is 22.3. The minimum Gasteiger partial charge on any atom is -0.508 e. The van der Waals surface area contributed by atoms with Crippen molar-refractivity contribution in [2.24, 2.45) is 0 Å². The minimum atomic E-state index is 0.207. The molecule has 0 aliphatic rings. The molecule has 0 bridgehead atoms. The molecule has 4 nitrogen and oxygen atoms in total. The first-order chi connectivity index (χ1) is 15.8. The molecule has 168 valence electrons. The van der Waals surface area contributed by atoms with Crippen molar-refractivity contribution in [1.29, 1.82) is 0 Å². The van der Waals surface area contributed by atoms with Gasteiger partial charge in [-0.2, -0.15) is 0 Å². The summed E-state index contributed by atoms with van der Waals surface area (Å²) in [6, 6.07) is 22.1. The van der Waals surface area contributed by atoms with Crippen LogP contribution in [0.2, 0.25) is 0 Å². The molecule has 4 rings (SSSR count). The van der Waals surface area contributed by atoms with Gasteiger partial charge in [-0.25, -0.2) is 0 Å². The maximum absolute atomic E-state index is 10.6. The Hall–Kier alpha value is -3.92. The Morgan fingerprint density at radius 3 is 1.30 bits per heavy atom. The van der Waals surface area contributed by atoms with Gasteiger partial charge in [-0.05, 0) is 89.0 Å². The summed E-state index contributed by atoms with van der Waals surface area (Å²) in [6.07, 6.45) is 1.70. The summed E-state index contributed by atoms with van der Waals surface area (Å²) in [5.74, 6) is 0.958. The van der Waals surface area contributed by atoms with Crippen LogP contribution >= 0.6 is 0 Å². The van der Waals surface area contributed by atoms with E-state index in [1.54, 1.807) is 36.4 Å². The smallest absolute Gasteiger partial charge is 0.122 e. The predicted octanol–water partition coefficient (Wildman–Crippen LogP) is 5.90. The number of aromatic hydroxyl groups is 4. The zero-order chi connectivity index (χ0) is 23.5. The van der Waals surface area contributed by atoms with E-state index in [2.05, 4.69) is 0 Å². The molecule has 0 fully saturated rings. The van der Waals surface area contributed by atoms with Gasteiger partial charge in [0.1, 0.15) is 23.0 Å². The highest BCUT2D eigenvalue weighted by Gasteiger charge is 2.12. The van der Waals surface area contributed by atoms with Gasteiger partial charge in [0.15, 0.2) is 0 Å². The zero-order valence-electron chi connectivity index (χ0n) is 18.8. The average Bonchev–Trinajstić information content (AvgIpc) is 2.75. The third-order valence-electron chi connectivity index (χ3n) is 5.90. The van der Waals surface area contributed by atoms with Crippen molar-refractivity contribution in [3.63, 3.8) is 0 Å². The highest BCUT2D eigenvalue weighted by atomic mass is 16.3. The lowest BCUT2D eigenvalue weighted by Crippen LogP contribution is -1.98. The van der Waals surface area contributed by atoms with Gasteiger partial charge >= 0.3 is 0 Å². The highest BCUT2D eigenvalue weighted by Crippen LogP contribution is 2.31. The maximum Gasteiger partial charge on any atom is 0.122 e. The molecule has 33 heavy (non-hydrogen) atoms. The van der Waals surface area contributed by atoms with Gasteiger partial charge in [-0.15, -0.1) is 0 Å². The standard InChI is InChI=1S/C29H28O4/c1-18-9-22(14-24(28(18)32)12-20-5-3-7-26(30)16-20)11-23-10-19(2)29(33)25(15-23)13-21-6-4-8-27(31)17-21/h3-10,14-17,30-33H,11-13H2,1-2H3. The summed E-state index contributed by atoms with van der Waals surface area (Å²) in [5.41, 5.74) is 7.21. The van der Waals surface area contributed by atoms with Crippen molar-refractivity contribution in [1.82, 2.24) is 0 Å². The predicted molar refractivity (Wildman–Crippen MR) is 130 cm³/mol. The summed E-state index contributed by atoms with van der Waals surface area (Å²) >= 11 is 0. The summed E-state index contributed by atoms with van der Waals surface area (Å²) in [4.78, 5) is 0. The molecule has 4 N–H and O–H groups in total.